The second-order valence-electron chi connectivity index (χ2n) is 8.88. The average molecular weight is 553 g/mol. The van der Waals surface area contributed by atoms with E-state index >= 15 is 0 Å². The van der Waals surface area contributed by atoms with Crippen LogP contribution in [0, 0.1) is 0 Å². The van der Waals surface area contributed by atoms with Crippen LogP contribution in [0.3, 0.4) is 0 Å². The number of alkyl halides is 3. The van der Waals surface area contributed by atoms with Gasteiger partial charge in [0.1, 0.15) is 11.5 Å². The number of hydrogen-bond acceptors (Lipinski definition) is 8. The number of esters is 1. The Balaban J connectivity index is 1.68. The molecule has 206 valence electrons. The molecule has 0 saturated heterocycles. The smallest absolute Gasteiger partial charge is 0.400 e. The fourth-order valence-electron chi connectivity index (χ4n) is 3.38. The molecule has 12 heteroatoms. The van der Waals surface area contributed by atoms with E-state index in [4.69, 9.17) is 9.02 Å². The van der Waals surface area contributed by atoms with E-state index in [1.165, 1.54) is 7.11 Å². The van der Waals surface area contributed by atoms with Gasteiger partial charge in [0.05, 0.1) is 24.9 Å². The summed E-state index contributed by atoms with van der Waals surface area (Å²) in [5.74, 6) is -0.237. The third-order valence-corrected chi connectivity index (χ3v) is 6.12. The first kappa shape index (κ1) is 29.5. The average Bonchev–Trinajstić information content (AvgIpc) is 3.30. The Morgan fingerprint density at radius 2 is 1.84 bits per heavy atom. The summed E-state index contributed by atoms with van der Waals surface area (Å²) in [6, 6.07) is 16.9. The number of ether oxygens (including phenoxy) is 2. The monoisotopic (exact) mass is 552 g/mol. The van der Waals surface area contributed by atoms with Gasteiger partial charge in [0.2, 0.25) is 5.88 Å². The van der Waals surface area contributed by atoms with Crippen LogP contribution in [0.1, 0.15) is 31.9 Å². The summed E-state index contributed by atoms with van der Waals surface area (Å²) >= 11 is 0.308. The summed E-state index contributed by atoms with van der Waals surface area (Å²) in [4.78, 5) is 11.2. The number of hydroxylamine groups is 1. The lowest BCUT2D eigenvalue weighted by molar-refractivity contribution is -0.139. The predicted molar refractivity (Wildman–Crippen MR) is 139 cm³/mol. The maximum Gasteiger partial charge on any atom is 0.400 e. The number of aromatic nitrogens is 2. The van der Waals surface area contributed by atoms with Gasteiger partial charge in [0.15, 0.2) is 0 Å². The van der Waals surface area contributed by atoms with E-state index in [0.29, 0.717) is 42.5 Å². The Hall–Kier alpha value is -3.06. The normalized spacial score (nSPS) is 12.0. The molecular formula is C26H31F3N4O4S. The molecule has 0 fully saturated rings. The second-order valence-corrected chi connectivity index (χ2v) is 9.57. The van der Waals surface area contributed by atoms with Crippen molar-refractivity contribution in [2.24, 2.45) is 0 Å². The number of benzene rings is 2. The minimum absolute atomic E-state index is 0.131. The number of carbonyl (C=O) groups excluding carboxylic acids is 1. The van der Waals surface area contributed by atoms with Gasteiger partial charge in [0.25, 0.3) is 0 Å². The van der Waals surface area contributed by atoms with Crippen molar-refractivity contribution < 1.29 is 31.7 Å². The third-order valence-electron chi connectivity index (χ3n) is 5.47. The van der Waals surface area contributed by atoms with Crippen molar-refractivity contribution >= 4 is 18.0 Å². The van der Waals surface area contributed by atoms with Crippen molar-refractivity contribution in [1.29, 1.82) is 0 Å². The standard InChI is InChI=1S/C26H31F3N4O4S/c1-5-33-23(36-21-11-9-18(10-12-21)15-30-16-24(34)35-4)14-22(31-33)19-7-6-8-20(13-19)25(2,3)32-37-38-17-26(27,28)29/h6-14,30,32H,5,15-17H2,1-4H3. The largest absolute Gasteiger partial charge is 0.468 e. The maximum atomic E-state index is 12.4. The zero-order chi connectivity index (χ0) is 27.8. The van der Waals surface area contributed by atoms with Crippen LogP contribution in [0.15, 0.2) is 54.6 Å². The Bertz CT molecular complexity index is 1200. The zero-order valence-corrected chi connectivity index (χ0v) is 22.4. The van der Waals surface area contributed by atoms with E-state index in [9.17, 15) is 18.0 Å². The summed E-state index contributed by atoms with van der Waals surface area (Å²) in [5, 5.41) is 7.67. The second kappa shape index (κ2) is 13.1. The van der Waals surface area contributed by atoms with Crippen LogP contribution >= 0.6 is 12.0 Å². The van der Waals surface area contributed by atoms with Gasteiger partial charge in [-0.1, -0.05) is 30.3 Å². The fourth-order valence-corrected chi connectivity index (χ4v) is 3.84. The summed E-state index contributed by atoms with van der Waals surface area (Å²) in [6.45, 7) is 6.81. The molecular weight excluding hydrogens is 521 g/mol. The minimum atomic E-state index is -4.31. The molecule has 1 heterocycles. The molecule has 1 aromatic heterocycles. The highest BCUT2D eigenvalue weighted by atomic mass is 32.2. The third kappa shape index (κ3) is 8.76. The topological polar surface area (TPSA) is 86.6 Å². The lowest BCUT2D eigenvalue weighted by Gasteiger charge is -2.26. The van der Waals surface area contributed by atoms with Crippen LogP contribution in [0.4, 0.5) is 13.2 Å². The van der Waals surface area contributed by atoms with E-state index in [0.717, 1.165) is 16.7 Å². The number of halogens is 3. The van der Waals surface area contributed by atoms with Crippen molar-refractivity contribution in [3.05, 3.63) is 65.7 Å². The van der Waals surface area contributed by atoms with Crippen molar-refractivity contribution in [3.63, 3.8) is 0 Å². The molecule has 38 heavy (non-hydrogen) atoms. The number of nitrogens with one attached hydrogen (secondary N) is 2. The van der Waals surface area contributed by atoms with Gasteiger partial charge in [-0.05, 0) is 50.1 Å². The number of aryl methyl sites for hydroxylation is 1. The molecule has 0 unspecified atom stereocenters. The first-order chi connectivity index (χ1) is 18.0. The Labute approximate surface area is 224 Å². The Kier molecular flexibility index (Phi) is 10.2. The lowest BCUT2D eigenvalue weighted by atomic mass is 9.93. The van der Waals surface area contributed by atoms with Gasteiger partial charge in [-0.25, -0.2) is 8.97 Å². The predicted octanol–water partition coefficient (Wildman–Crippen LogP) is 5.59. The zero-order valence-electron chi connectivity index (χ0n) is 21.6. The highest BCUT2D eigenvalue weighted by Crippen LogP contribution is 2.31. The number of carbonyl (C=O) groups is 1. The van der Waals surface area contributed by atoms with Crippen molar-refractivity contribution in [2.75, 3.05) is 19.4 Å². The first-order valence-electron chi connectivity index (χ1n) is 11.9. The molecule has 8 nitrogen and oxygen atoms in total. The van der Waals surface area contributed by atoms with Crippen LogP contribution in [-0.4, -0.2) is 41.3 Å². The van der Waals surface area contributed by atoms with Crippen LogP contribution in [0.2, 0.25) is 0 Å². The maximum absolute atomic E-state index is 12.4. The van der Waals surface area contributed by atoms with Crippen LogP contribution < -0.4 is 15.5 Å². The molecule has 2 N–H and O–H groups in total. The molecule has 0 aliphatic carbocycles. The van der Waals surface area contributed by atoms with Gasteiger partial charge in [-0.2, -0.15) is 23.8 Å². The Morgan fingerprint density at radius 3 is 2.50 bits per heavy atom. The summed E-state index contributed by atoms with van der Waals surface area (Å²) in [6.07, 6.45) is -4.31. The summed E-state index contributed by atoms with van der Waals surface area (Å²) in [5.41, 5.74) is 5.25. The highest BCUT2D eigenvalue weighted by molar-refractivity contribution is 7.94. The molecule has 0 aliphatic heterocycles. The SMILES string of the molecule is CCn1nc(-c2cccc(C(C)(C)NOSCC(F)(F)F)c2)cc1Oc1ccc(CNCC(=O)OC)cc1. The van der Waals surface area contributed by atoms with Crippen LogP contribution in [-0.2, 0) is 32.4 Å². The van der Waals surface area contributed by atoms with E-state index in [2.05, 4.69) is 20.6 Å². The number of methoxy groups -OCH3 is 1. The van der Waals surface area contributed by atoms with E-state index in [1.54, 1.807) is 4.68 Å². The number of nitrogens with zero attached hydrogens (tertiary/aromatic N) is 2. The van der Waals surface area contributed by atoms with Crippen LogP contribution in [0.5, 0.6) is 11.6 Å². The van der Waals surface area contributed by atoms with Gasteiger partial charge in [-0.15, -0.1) is 0 Å². The molecule has 0 radical (unpaired) electrons. The number of rotatable bonds is 13. The summed E-state index contributed by atoms with van der Waals surface area (Å²) < 4.78 is 54.6. The minimum Gasteiger partial charge on any atom is -0.468 e. The van der Waals surface area contributed by atoms with E-state index in [-0.39, 0.29) is 12.5 Å². The molecule has 0 saturated carbocycles. The molecule has 0 bridgehead atoms. The number of hydrogen-bond donors (Lipinski definition) is 2. The molecule has 2 aromatic carbocycles. The Morgan fingerprint density at radius 1 is 1.11 bits per heavy atom. The van der Waals surface area contributed by atoms with Gasteiger partial charge < -0.3 is 14.8 Å². The quantitative estimate of drug-likeness (QED) is 0.123. The lowest BCUT2D eigenvalue weighted by Crippen LogP contribution is -2.35. The molecule has 3 rings (SSSR count). The molecule has 0 amide bonds. The van der Waals surface area contributed by atoms with Gasteiger partial charge in [0, 0.05) is 36.8 Å². The van der Waals surface area contributed by atoms with Crippen molar-refractivity contribution in [2.45, 2.75) is 45.6 Å². The van der Waals surface area contributed by atoms with Crippen molar-refractivity contribution in [3.8, 4) is 22.9 Å². The van der Waals surface area contributed by atoms with Gasteiger partial charge >= 0.3 is 12.1 Å². The first-order valence-corrected chi connectivity index (χ1v) is 12.8. The van der Waals surface area contributed by atoms with Gasteiger partial charge in [-0.3, -0.25) is 4.79 Å². The molecule has 3 aromatic rings. The molecule has 0 aliphatic rings. The highest BCUT2D eigenvalue weighted by Gasteiger charge is 2.29. The summed E-state index contributed by atoms with van der Waals surface area (Å²) in [7, 11) is 1.35. The van der Waals surface area contributed by atoms with Crippen LogP contribution in [0.25, 0.3) is 11.3 Å². The van der Waals surface area contributed by atoms with Crippen molar-refractivity contribution in [1.82, 2.24) is 20.6 Å². The molecule has 0 atom stereocenters. The molecule has 0 spiro atoms. The fraction of sp³-hybridized carbons (Fsp3) is 0.385. The van der Waals surface area contributed by atoms with E-state index < -0.39 is 17.5 Å². The van der Waals surface area contributed by atoms with E-state index in [1.807, 2.05) is 75.4 Å².